The number of hydrogen-bond acceptors (Lipinski definition) is 2. The zero-order valence-corrected chi connectivity index (χ0v) is 9.74. The summed E-state index contributed by atoms with van der Waals surface area (Å²) >= 11 is 0. The maximum absolute atomic E-state index is 7.67. The van der Waals surface area contributed by atoms with Gasteiger partial charge in [0.15, 0.2) is 0 Å². The van der Waals surface area contributed by atoms with Gasteiger partial charge >= 0.3 is 0 Å². The quantitative estimate of drug-likeness (QED) is 0.769. The van der Waals surface area contributed by atoms with E-state index < -0.39 is 0 Å². The van der Waals surface area contributed by atoms with Crippen LogP contribution in [-0.2, 0) is 0 Å². The van der Waals surface area contributed by atoms with Gasteiger partial charge in [0.2, 0.25) is 0 Å². The molecule has 1 aliphatic rings. The first-order chi connectivity index (χ1) is 7.70. The Hall–Kier alpha value is -1.57. The molecule has 0 aromatic heterocycles. The summed E-state index contributed by atoms with van der Waals surface area (Å²) in [5, 5.41) is 7.67. The van der Waals surface area contributed by atoms with Crippen molar-refractivity contribution in [1.82, 2.24) is 0 Å². The minimum absolute atomic E-state index is 0.444. The van der Waals surface area contributed by atoms with Gasteiger partial charge in [-0.3, -0.25) is 0 Å². The average molecular weight is 214 g/mol. The van der Waals surface area contributed by atoms with Gasteiger partial charge in [-0.25, -0.2) is 0 Å². The molecule has 1 aliphatic heterocycles. The largest absolute Gasteiger partial charge is 0.371 e. The summed E-state index contributed by atoms with van der Waals surface area (Å²) in [6.45, 7) is 7.72. The van der Waals surface area contributed by atoms with Crippen LogP contribution in [0.4, 0.5) is 5.69 Å². The second kappa shape index (κ2) is 4.52. The first-order valence-corrected chi connectivity index (χ1v) is 5.73. The molecule has 84 valence electrons. The van der Waals surface area contributed by atoms with Crippen molar-refractivity contribution >= 4 is 17.5 Å². The average Bonchev–Trinajstić information content (AvgIpc) is 2.78. The molecule has 0 bridgehead atoms. The Labute approximate surface area is 97.1 Å². The standard InChI is InChI=1S/C14H18N2/c1-3-12-4-6-14(7-5-12)16-9-8-13(10-16)11(2)15/h3-7,13,15H,1,8-10H2,2H3. The second-order valence-corrected chi connectivity index (χ2v) is 4.41. The Balaban J connectivity index is 2.08. The molecule has 1 unspecified atom stereocenters. The van der Waals surface area contributed by atoms with Gasteiger partial charge < -0.3 is 10.3 Å². The Kier molecular flexibility index (Phi) is 3.09. The van der Waals surface area contributed by atoms with Crippen LogP contribution in [0.5, 0.6) is 0 Å². The van der Waals surface area contributed by atoms with Gasteiger partial charge in [-0.2, -0.15) is 0 Å². The van der Waals surface area contributed by atoms with Crippen LogP contribution in [0.15, 0.2) is 30.8 Å². The number of anilines is 1. The molecule has 1 saturated heterocycles. The molecule has 1 atom stereocenters. The van der Waals surface area contributed by atoms with E-state index >= 15 is 0 Å². The topological polar surface area (TPSA) is 27.1 Å². The number of hydrogen-bond donors (Lipinski definition) is 1. The molecular formula is C14H18N2. The Morgan fingerprint density at radius 2 is 2.12 bits per heavy atom. The number of benzene rings is 1. The van der Waals surface area contributed by atoms with Gasteiger partial charge in [0.25, 0.3) is 0 Å². The molecule has 0 aliphatic carbocycles. The van der Waals surface area contributed by atoms with Gasteiger partial charge in [-0.05, 0) is 31.0 Å². The molecule has 1 fully saturated rings. The highest BCUT2D eigenvalue weighted by atomic mass is 15.1. The van der Waals surface area contributed by atoms with Crippen molar-refractivity contribution in [3.8, 4) is 0 Å². The highest BCUT2D eigenvalue weighted by Gasteiger charge is 2.23. The van der Waals surface area contributed by atoms with E-state index in [0.717, 1.165) is 30.8 Å². The number of nitrogens with zero attached hydrogens (tertiary/aromatic N) is 1. The Morgan fingerprint density at radius 3 is 2.62 bits per heavy atom. The minimum Gasteiger partial charge on any atom is -0.371 e. The monoisotopic (exact) mass is 214 g/mol. The summed E-state index contributed by atoms with van der Waals surface area (Å²) < 4.78 is 0. The zero-order valence-electron chi connectivity index (χ0n) is 9.74. The molecule has 1 aromatic rings. The SMILES string of the molecule is C=Cc1ccc(N2CCC(C(C)=N)C2)cc1. The van der Waals surface area contributed by atoms with Gasteiger partial charge in [0, 0.05) is 30.4 Å². The normalized spacial score (nSPS) is 19.8. The van der Waals surface area contributed by atoms with Crippen molar-refractivity contribution in [3.63, 3.8) is 0 Å². The van der Waals surface area contributed by atoms with E-state index in [1.807, 2.05) is 13.0 Å². The molecule has 1 N–H and O–H groups in total. The van der Waals surface area contributed by atoms with Crippen LogP contribution >= 0.6 is 0 Å². The summed E-state index contributed by atoms with van der Waals surface area (Å²) in [6.07, 6.45) is 2.97. The molecule has 2 heteroatoms. The van der Waals surface area contributed by atoms with Gasteiger partial charge in [0.1, 0.15) is 0 Å². The van der Waals surface area contributed by atoms with Crippen LogP contribution in [0.2, 0.25) is 0 Å². The predicted molar refractivity (Wildman–Crippen MR) is 70.3 cm³/mol. The van der Waals surface area contributed by atoms with Crippen molar-refractivity contribution < 1.29 is 0 Å². The van der Waals surface area contributed by atoms with E-state index in [9.17, 15) is 0 Å². The fraction of sp³-hybridized carbons (Fsp3) is 0.357. The van der Waals surface area contributed by atoms with Gasteiger partial charge in [-0.1, -0.05) is 24.8 Å². The molecule has 0 spiro atoms. The maximum Gasteiger partial charge on any atom is 0.0366 e. The smallest absolute Gasteiger partial charge is 0.0366 e. The fourth-order valence-corrected chi connectivity index (χ4v) is 2.17. The lowest BCUT2D eigenvalue weighted by atomic mass is 10.0. The van der Waals surface area contributed by atoms with Crippen LogP contribution in [-0.4, -0.2) is 18.8 Å². The summed E-state index contributed by atoms with van der Waals surface area (Å²) in [7, 11) is 0. The molecular weight excluding hydrogens is 196 g/mol. The molecule has 0 saturated carbocycles. The van der Waals surface area contributed by atoms with Crippen LogP contribution in [0.1, 0.15) is 18.9 Å². The van der Waals surface area contributed by atoms with E-state index in [2.05, 4.69) is 35.7 Å². The van der Waals surface area contributed by atoms with Gasteiger partial charge in [-0.15, -0.1) is 0 Å². The molecule has 0 radical (unpaired) electrons. The van der Waals surface area contributed by atoms with E-state index in [1.165, 1.54) is 5.69 Å². The maximum atomic E-state index is 7.67. The predicted octanol–water partition coefficient (Wildman–Crippen LogP) is 3.20. The summed E-state index contributed by atoms with van der Waals surface area (Å²) in [5.41, 5.74) is 3.22. The second-order valence-electron chi connectivity index (χ2n) is 4.41. The summed E-state index contributed by atoms with van der Waals surface area (Å²) in [5.74, 6) is 0.444. The van der Waals surface area contributed by atoms with Crippen LogP contribution < -0.4 is 4.90 Å². The zero-order chi connectivity index (χ0) is 11.5. The molecule has 16 heavy (non-hydrogen) atoms. The van der Waals surface area contributed by atoms with Crippen molar-refractivity contribution in [1.29, 1.82) is 5.41 Å². The van der Waals surface area contributed by atoms with E-state index in [1.54, 1.807) is 0 Å². The Bertz CT molecular complexity index is 392. The highest BCUT2D eigenvalue weighted by molar-refractivity contribution is 5.82. The van der Waals surface area contributed by atoms with Crippen molar-refractivity contribution in [2.75, 3.05) is 18.0 Å². The van der Waals surface area contributed by atoms with Crippen LogP contribution in [0.25, 0.3) is 6.08 Å². The van der Waals surface area contributed by atoms with Crippen LogP contribution in [0.3, 0.4) is 0 Å². The van der Waals surface area contributed by atoms with Crippen molar-refractivity contribution in [3.05, 3.63) is 36.4 Å². The van der Waals surface area contributed by atoms with Gasteiger partial charge in [0.05, 0.1) is 0 Å². The van der Waals surface area contributed by atoms with E-state index in [4.69, 9.17) is 5.41 Å². The molecule has 1 aromatic carbocycles. The third kappa shape index (κ3) is 2.16. The lowest BCUT2D eigenvalue weighted by molar-refractivity contribution is 0.775. The molecule has 2 nitrogen and oxygen atoms in total. The van der Waals surface area contributed by atoms with E-state index in [-0.39, 0.29) is 0 Å². The van der Waals surface area contributed by atoms with Crippen LogP contribution in [0, 0.1) is 11.3 Å². The Morgan fingerprint density at radius 1 is 1.44 bits per heavy atom. The summed E-state index contributed by atoms with van der Waals surface area (Å²) in [4.78, 5) is 2.36. The summed E-state index contributed by atoms with van der Waals surface area (Å²) in [6, 6.07) is 8.46. The van der Waals surface area contributed by atoms with Crippen molar-refractivity contribution in [2.45, 2.75) is 13.3 Å². The molecule has 2 rings (SSSR count). The number of nitrogens with one attached hydrogen (secondary N) is 1. The lowest BCUT2D eigenvalue weighted by Gasteiger charge is -2.18. The first kappa shape index (κ1) is 10.9. The fourth-order valence-electron chi connectivity index (χ4n) is 2.17. The third-order valence-electron chi connectivity index (χ3n) is 3.29. The minimum atomic E-state index is 0.444. The van der Waals surface area contributed by atoms with E-state index in [0.29, 0.717) is 5.92 Å². The first-order valence-electron chi connectivity index (χ1n) is 5.73. The lowest BCUT2D eigenvalue weighted by Crippen LogP contribution is -2.21. The highest BCUT2D eigenvalue weighted by Crippen LogP contribution is 2.24. The molecule has 1 heterocycles. The molecule has 0 amide bonds. The third-order valence-corrected chi connectivity index (χ3v) is 3.29. The van der Waals surface area contributed by atoms with Crippen molar-refractivity contribution in [2.24, 2.45) is 5.92 Å². The number of rotatable bonds is 3.